The Labute approximate surface area is 221 Å². The average Bonchev–Trinajstić information content (AvgIpc) is 2.90. The highest BCUT2D eigenvalue weighted by Gasteiger charge is 2.15. The Morgan fingerprint density at radius 3 is 2.50 bits per heavy atom. The molecule has 1 aliphatic heterocycles. The second-order valence-electron chi connectivity index (χ2n) is 9.42. The molecule has 0 aliphatic carbocycles. The van der Waals surface area contributed by atoms with Crippen LogP contribution in [0, 0.1) is 0 Å². The second kappa shape index (κ2) is 11.4. The first-order chi connectivity index (χ1) is 18.4. The van der Waals surface area contributed by atoms with Gasteiger partial charge in [-0.3, -0.25) is 19.8 Å². The summed E-state index contributed by atoms with van der Waals surface area (Å²) in [5, 5.41) is 7.22. The lowest BCUT2D eigenvalue weighted by atomic mass is 10.0. The average molecular weight is 511 g/mol. The third-order valence-electron chi connectivity index (χ3n) is 6.45. The third kappa shape index (κ3) is 6.31. The van der Waals surface area contributed by atoms with Crippen molar-refractivity contribution in [3.8, 4) is 11.6 Å². The van der Waals surface area contributed by atoms with E-state index in [0.29, 0.717) is 17.2 Å². The summed E-state index contributed by atoms with van der Waals surface area (Å²) in [5.41, 5.74) is 2.57. The highest BCUT2D eigenvalue weighted by molar-refractivity contribution is 6.13. The minimum Gasteiger partial charge on any atom is -0.439 e. The molecule has 3 aromatic carbocycles. The van der Waals surface area contributed by atoms with Crippen LogP contribution in [0.4, 0.5) is 11.6 Å². The molecule has 0 spiro atoms. The van der Waals surface area contributed by atoms with Crippen LogP contribution in [-0.4, -0.2) is 64.8 Å². The van der Waals surface area contributed by atoms with Crippen LogP contribution in [-0.2, 0) is 11.3 Å². The molecule has 2 heterocycles. The van der Waals surface area contributed by atoms with Gasteiger partial charge in [0.05, 0.1) is 0 Å². The van der Waals surface area contributed by atoms with Crippen molar-refractivity contribution in [1.82, 2.24) is 19.8 Å². The number of likely N-dealkylation sites (N-methyl/N-ethyl adjacent to an activating group) is 1. The predicted molar refractivity (Wildman–Crippen MR) is 148 cm³/mol. The topological polar surface area (TPSA) is 99.7 Å². The number of ether oxygens (including phenoxy) is 1. The summed E-state index contributed by atoms with van der Waals surface area (Å²) in [6.07, 6.45) is 1.51. The van der Waals surface area contributed by atoms with Gasteiger partial charge in [-0.05, 0) is 59.8 Å². The molecule has 1 aliphatic rings. The normalized spacial score (nSPS) is 14.3. The van der Waals surface area contributed by atoms with Gasteiger partial charge in [-0.2, -0.15) is 4.98 Å². The van der Waals surface area contributed by atoms with E-state index in [0.717, 1.165) is 49.2 Å². The van der Waals surface area contributed by atoms with Gasteiger partial charge < -0.3 is 15.0 Å². The van der Waals surface area contributed by atoms with Gasteiger partial charge in [-0.1, -0.05) is 24.3 Å². The molecule has 1 fully saturated rings. The van der Waals surface area contributed by atoms with Crippen molar-refractivity contribution in [2.45, 2.75) is 13.5 Å². The van der Waals surface area contributed by atoms with Crippen LogP contribution in [0.15, 0.2) is 72.9 Å². The van der Waals surface area contributed by atoms with E-state index in [1.165, 1.54) is 18.7 Å². The molecular formula is C29H30N6O3. The lowest BCUT2D eigenvalue weighted by molar-refractivity contribution is -0.114. The molecule has 1 saturated heterocycles. The molecule has 2 amide bonds. The standard InChI is InChI=1S/C29H30N6O3/c1-20(36)31-29-30-13-12-27(33-29)38-24-10-11-25-22(18-24)4-3-5-26(25)28(37)32-23-8-6-21(7-9-23)19-35-16-14-34(2)15-17-35/h3-13,18H,14-17,19H2,1-2H3,(H,32,37)(H,30,31,33,36). The van der Waals surface area contributed by atoms with E-state index >= 15 is 0 Å². The van der Waals surface area contributed by atoms with Crippen molar-refractivity contribution in [1.29, 1.82) is 0 Å². The molecule has 1 aromatic heterocycles. The molecule has 0 saturated carbocycles. The van der Waals surface area contributed by atoms with Gasteiger partial charge in [0.2, 0.25) is 17.7 Å². The summed E-state index contributed by atoms with van der Waals surface area (Å²) in [5.74, 6) is 0.584. The molecule has 4 aromatic rings. The number of benzene rings is 3. The molecule has 0 bridgehead atoms. The van der Waals surface area contributed by atoms with Gasteiger partial charge >= 0.3 is 0 Å². The number of amides is 2. The van der Waals surface area contributed by atoms with E-state index < -0.39 is 0 Å². The van der Waals surface area contributed by atoms with E-state index in [-0.39, 0.29) is 17.8 Å². The van der Waals surface area contributed by atoms with Gasteiger partial charge in [0.1, 0.15) is 5.75 Å². The molecule has 0 unspecified atom stereocenters. The molecule has 9 nitrogen and oxygen atoms in total. The predicted octanol–water partition coefficient (Wildman–Crippen LogP) is 4.38. The molecule has 0 atom stereocenters. The molecule has 9 heteroatoms. The number of nitrogens with zero attached hydrogens (tertiary/aromatic N) is 4. The number of piperazine rings is 1. The Kier molecular flexibility index (Phi) is 7.57. The second-order valence-corrected chi connectivity index (χ2v) is 9.42. The van der Waals surface area contributed by atoms with E-state index in [4.69, 9.17) is 4.74 Å². The fraction of sp³-hybridized carbons (Fsp3) is 0.241. The molecule has 0 radical (unpaired) electrons. The maximum atomic E-state index is 13.2. The van der Waals surface area contributed by atoms with Gasteiger partial charge in [0, 0.05) is 63.2 Å². The molecule has 2 N–H and O–H groups in total. The van der Waals surface area contributed by atoms with Crippen LogP contribution < -0.4 is 15.4 Å². The molecular weight excluding hydrogens is 480 g/mol. The Bertz CT molecular complexity index is 1450. The number of hydrogen-bond acceptors (Lipinski definition) is 7. The van der Waals surface area contributed by atoms with Crippen molar-refractivity contribution in [2.24, 2.45) is 0 Å². The first-order valence-corrected chi connectivity index (χ1v) is 12.6. The maximum Gasteiger partial charge on any atom is 0.256 e. The molecule has 194 valence electrons. The van der Waals surface area contributed by atoms with Gasteiger partial charge in [-0.15, -0.1) is 0 Å². The summed E-state index contributed by atoms with van der Waals surface area (Å²) in [6, 6.07) is 20.7. The number of carbonyl (C=O) groups excluding carboxylic acids is 2. The summed E-state index contributed by atoms with van der Waals surface area (Å²) in [7, 11) is 2.16. The number of aromatic nitrogens is 2. The first kappa shape index (κ1) is 25.3. The highest BCUT2D eigenvalue weighted by atomic mass is 16.5. The molecule has 5 rings (SSSR count). The monoisotopic (exact) mass is 510 g/mol. The highest BCUT2D eigenvalue weighted by Crippen LogP contribution is 2.27. The lowest BCUT2D eigenvalue weighted by Gasteiger charge is -2.32. The van der Waals surface area contributed by atoms with Crippen LogP contribution in [0.1, 0.15) is 22.8 Å². The van der Waals surface area contributed by atoms with Gasteiger partial charge in [0.15, 0.2) is 0 Å². The number of hydrogen-bond donors (Lipinski definition) is 2. The van der Waals surface area contributed by atoms with E-state index in [1.807, 2.05) is 42.5 Å². The zero-order chi connectivity index (χ0) is 26.5. The SMILES string of the molecule is CC(=O)Nc1nccc(Oc2ccc3c(C(=O)Nc4ccc(CN5CCN(C)CC5)cc4)cccc3c2)n1. The zero-order valence-corrected chi connectivity index (χ0v) is 21.5. The number of rotatable bonds is 7. The van der Waals surface area contributed by atoms with Crippen molar-refractivity contribution >= 4 is 34.2 Å². The van der Waals surface area contributed by atoms with Crippen LogP contribution in [0.5, 0.6) is 11.6 Å². The summed E-state index contributed by atoms with van der Waals surface area (Å²) >= 11 is 0. The van der Waals surface area contributed by atoms with E-state index in [9.17, 15) is 9.59 Å². The largest absolute Gasteiger partial charge is 0.439 e. The first-order valence-electron chi connectivity index (χ1n) is 12.6. The van der Waals surface area contributed by atoms with Crippen LogP contribution >= 0.6 is 0 Å². The quantitative estimate of drug-likeness (QED) is 0.381. The van der Waals surface area contributed by atoms with Crippen molar-refractivity contribution in [3.63, 3.8) is 0 Å². The van der Waals surface area contributed by atoms with E-state index in [2.05, 4.69) is 49.6 Å². The number of carbonyl (C=O) groups is 2. The van der Waals surface area contributed by atoms with Crippen LogP contribution in [0.3, 0.4) is 0 Å². The van der Waals surface area contributed by atoms with Gasteiger partial charge in [-0.25, -0.2) is 4.98 Å². The zero-order valence-electron chi connectivity index (χ0n) is 21.5. The number of anilines is 2. The summed E-state index contributed by atoms with van der Waals surface area (Å²) in [4.78, 5) is 37.4. The van der Waals surface area contributed by atoms with E-state index in [1.54, 1.807) is 12.1 Å². The minimum absolute atomic E-state index is 0.169. The van der Waals surface area contributed by atoms with Crippen molar-refractivity contribution in [2.75, 3.05) is 43.9 Å². The fourth-order valence-electron chi connectivity index (χ4n) is 4.42. The van der Waals surface area contributed by atoms with Crippen LogP contribution in [0.25, 0.3) is 10.8 Å². The number of nitrogens with one attached hydrogen (secondary N) is 2. The lowest BCUT2D eigenvalue weighted by Crippen LogP contribution is -2.43. The Morgan fingerprint density at radius 1 is 0.947 bits per heavy atom. The number of fused-ring (bicyclic) bond motifs is 1. The fourth-order valence-corrected chi connectivity index (χ4v) is 4.42. The van der Waals surface area contributed by atoms with Crippen molar-refractivity contribution < 1.29 is 14.3 Å². The molecule has 38 heavy (non-hydrogen) atoms. The maximum absolute atomic E-state index is 13.2. The summed E-state index contributed by atoms with van der Waals surface area (Å²) in [6.45, 7) is 6.62. The Hall–Kier alpha value is -4.34. The summed E-state index contributed by atoms with van der Waals surface area (Å²) < 4.78 is 5.87. The Morgan fingerprint density at radius 2 is 1.74 bits per heavy atom. The van der Waals surface area contributed by atoms with Crippen molar-refractivity contribution in [3.05, 3.63) is 84.1 Å². The Balaban J connectivity index is 1.26. The smallest absolute Gasteiger partial charge is 0.256 e. The van der Waals surface area contributed by atoms with Crippen LogP contribution in [0.2, 0.25) is 0 Å². The van der Waals surface area contributed by atoms with Gasteiger partial charge in [0.25, 0.3) is 5.91 Å². The minimum atomic E-state index is -0.264. The third-order valence-corrected chi connectivity index (χ3v) is 6.45.